The van der Waals surface area contributed by atoms with Crippen LogP contribution >= 0.6 is 15.9 Å². The van der Waals surface area contributed by atoms with Crippen molar-refractivity contribution in [1.29, 1.82) is 0 Å². The molecule has 21 heavy (non-hydrogen) atoms. The Morgan fingerprint density at radius 2 is 1.71 bits per heavy atom. The van der Waals surface area contributed by atoms with Gasteiger partial charge in [0.25, 0.3) is 0 Å². The van der Waals surface area contributed by atoms with Gasteiger partial charge in [-0.1, -0.05) is 36.4 Å². The van der Waals surface area contributed by atoms with Crippen LogP contribution in [0.4, 0.5) is 10.1 Å². The number of benzene rings is 3. The Labute approximate surface area is 131 Å². The molecule has 0 saturated heterocycles. The van der Waals surface area contributed by atoms with Crippen molar-refractivity contribution in [1.82, 2.24) is 0 Å². The highest BCUT2D eigenvalue weighted by molar-refractivity contribution is 9.10. The lowest BCUT2D eigenvalue weighted by atomic mass is 10.0. The minimum absolute atomic E-state index is 0.107. The SMILES string of the molecule is CC(Nc1ccc(Br)c(F)c1)c1ccc2ccccc2c1. The molecule has 0 radical (unpaired) electrons. The van der Waals surface area contributed by atoms with Crippen LogP contribution in [0, 0.1) is 5.82 Å². The maximum absolute atomic E-state index is 13.6. The molecule has 0 aliphatic heterocycles. The summed E-state index contributed by atoms with van der Waals surface area (Å²) >= 11 is 3.16. The van der Waals surface area contributed by atoms with Gasteiger partial charge in [-0.2, -0.15) is 0 Å². The first-order valence-electron chi connectivity index (χ1n) is 6.84. The zero-order valence-corrected chi connectivity index (χ0v) is 13.2. The maximum Gasteiger partial charge on any atom is 0.139 e. The Balaban J connectivity index is 1.85. The van der Waals surface area contributed by atoms with E-state index in [2.05, 4.69) is 58.5 Å². The van der Waals surface area contributed by atoms with Crippen molar-refractivity contribution >= 4 is 32.4 Å². The molecule has 0 aliphatic carbocycles. The third-order valence-electron chi connectivity index (χ3n) is 3.58. The van der Waals surface area contributed by atoms with E-state index < -0.39 is 0 Å². The minimum atomic E-state index is -0.259. The predicted octanol–water partition coefficient (Wildman–Crippen LogP) is 5.91. The normalized spacial score (nSPS) is 12.3. The molecule has 106 valence electrons. The van der Waals surface area contributed by atoms with Gasteiger partial charge in [-0.3, -0.25) is 0 Å². The fourth-order valence-electron chi connectivity index (χ4n) is 2.40. The number of halogens is 2. The maximum atomic E-state index is 13.6. The highest BCUT2D eigenvalue weighted by Gasteiger charge is 2.07. The smallest absolute Gasteiger partial charge is 0.139 e. The molecule has 0 bridgehead atoms. The first-order chi connectivity index (χ1) is 10.1. The monoisotopic (exact) mass is 343 g/mol. The Morgan fingerprint density at radius 1 is 0.952 bits per heavy atom. The van der Waals surface area contributed by atoms with E-state index in [0.29, 0.717) is 4.47 Å². The van der Waals surface area contributed by atoms with E-state index in [0.717, 1.165) is 5.69 Å². The number of anilines is 1. The molecule has 3 rings (SSSR count). The van der Waals surface area contributed by atoms with Gasteiger partial charge >= 0.3 is 0 Å². The van der Waals surface area contributed by atoms with Gasteiger partial charge in [0.05, 0.1) is 4.47 Å². The molecular formula is C18H15BrFN. The number of rotatable bonds is 3. The molecule has 0 heterocycles. The zero-order chi connectivity index (χ0) is 14.8. The van der Waals surface area contributed by atoms with Crippen LogP contribution in [0.5, 0.6) is 0 Å². The molecule has 0 aliphatic rings. The van der Waals surface area contributed by atoms with Gasteiger partial charge in [-0.25, -0.2) is 4.39 Å². The Bertz CT molecular complexity index is 785. The molecule has 0 aromatic heterocycles. The Kier molecular flexibility index (Phi) is 3.93. The van der Waals surface area contributed by atoms with Crippen LogP contribution in [-0.4, -0.2) is 0 Å². The van der Waals surface area contributed by atoms with Crippen LogP contribution in [0.25, 0.3) is 10.8 Å². The zero-order valence-electron chi connectivity index (χ0n) is 11.6. The number of hydrogen-bond donors (Lipinski definition) is 1. The molecule has 1 atom stereocenters. The van der Waals surface area contributed by atoms with E-state index in [1.54, 1.807) is 6.07 Å². The molecule has 3 heteroatoms. The third kappa shape index (κ3) is 3.08. The standard InChI is InChI=1S/C18H15BrFN/c1-12(21-16-8-9-17(19)18(20)11-16)14-7-6-13-4-2-3-5-15(13)10-14/h2-12,21H,1H3. The summed E-state index contributed by atoms with van der Waals surface area (Å²) < 4.78 is 14.0. The first-order valence-corrected chi connectivity index (χ1v) is 7.63. The highest BCUT2D eigenvalue weighted by atomic mass is 79.9. The van der Waals surface area contributed by atoms with Gasteiger partial charge < -0.3 is 5.32 Å². The summed E-state index contributed by atoms with van der Waals surface area (Å²) in [5.74, 6) is -0.259. The molecule has 1 nitrogen and oxygen atoms in total. The molecular weight excluding hydrogens is 329 g/mol. The van der Waals surface area contributed by atoms with Crippen LogP contribution in [0.3, 0.4) is 0 Å². The van der Waals surface area contributed by atoms with Gasteiger partial charge in [0, 0.05) is 11.7 Å². The summed E-state index contributed by atoms with van der Waals surface area (Å²) in [6.07, 6.45) is 0. The quantitative estimate of drug-likeness (QED) is 0.622. The summed E-state index contributed by atoms with van der Waals surface area (Å²) in [6.45, 7) is 2.07. The fourth-order valence-corrected chi connectivity index (χ4v) is 2.64. The second-order valence-corrected chi connectivity index (χ2v) is 5.96. The van der Waals surface area contributed by atoms with E-state index in [1.165, 1.54) is 22.4 Å². The summed E-state index contributed by atoms with van der Waals surface area (Å²) in [4.78, 5) is 0. The number of fused-ring (bicyclic) bond motifs is 1. The number of hydrogen-bond acceptors (Lipinski definition) is 1. The molecule has 1 unspecified atom stereocenters. The van der Waals surface area contributed by atoms with Crippen molar-refractivity contribution in [2.75, 3.05) is 5.32 Å². The molecule has 1 N–H and O–H groups in total. The lowest BCUT2D eigenvalue weighted by Crippen LogP contribution is -2.06. The molecule has 0 amide bonds. The average Bonchev–Trinajstić information content (AvgIpc) is 2.50. The van der Waals surface area contributed by atoms with E-state index in [4.69, 9.17) is 0 Å². The van der Waals surface area contributed by atoms with E-state index in [-0.39, 0.29) is 11.9 Å². The lowest BCUT2D eigenvalue weighted by molar-refractivity contribution is 0.621. The van der Waals surface area contributed by atoms with Crippen molar-refractivity contribution in [3.63, 3.8) is 0 Å². The van der Waals surface area contributed by atoms with Gasteiger partial charge in [-0.05, 0) is 63.5 Å². The van der Waals surface area contributed by atoms with Crippen LogP contribution in [-0.2, 0) is 0 Å². The molecule has 3 aromatic rings. The van der Waals surface area contributed by atoms with Crippen molar-refractivity contribution in [2.45, 2.75) is 13.0 Å². The van der Waals surface area contributed by atoms with Gasteiger partial charge in [-0.15, -0.1) is 0 Å². The lowest BCUT2D eigenvalue weighted by Gasteiger charge is -2.16. The highest BCUT2D eigenvalue weighted by Crippen LogP contribution is 2.25. The van der Waals surface area contributed by atoms with Crippen molar-refractivity contribution in [2.24, 2.45) is 0 Å². The van der Waals surface area contributed by atoms with E-state index in [1.807, 2.05) is 18.2 Å². The van der Waals surface area contributed by atoms with Crippen LogP contribution < -0.4 is 5.32 Å². The van der Waals surface area contributed by atoms with Crippen LogP contribution in [0.15, 0.2) is 65.1 Å². The van der Waals surface area contributed by atoms with E-state index >= 15 is 0 Å². The fraction of sp³-hybridized carbons (Fsp3) is 0.111. The van der Waals surface area contributed by atoms with Crippen molar-refractivity contribution in [3.05, 3.63) is 76.5 Å². The first kappa shape index (κ1) is 14.1. The van der Waals surface area contributed by atoms with Crippen molar-refractivity contribution in [3.8, 4) is 0 Å². The molecule has 0 spiro atoms. The Hall–Kier alpha value is -1.87. The minimum Gasteiger partial charge on any atom is -0.378 e. The molecule has 0 saturated carbocycles. The molecule has 0 fully saturated rings. The average molecular weight is 344 g/mol. The summed E-state index contributed by atoms with van der Waals surface area (Å²) in [7, 11) is 0. The second-order valence-electron chi connectivity index (χ2n) is 5.10. The topological polar surface area (TPSA) is 12.0 Å². The number of nitrogens with one attached hydrogen (secondary N) is 1. The molecule has 3 aromatic carbocycles. The predicted molar refractivity (Wildman–Crippen MR) is 90.1 cm³/mol. The van der Waals surface area contributed by atoms with Gasteiger partial charge in [0.2, 0.25) is 0 Å². The Morgan fingerprint density at radius 3 is 2.48 bits per heavy atom. The second kappa shape index (κ2) is 5.86. The van der Waals surface area contributed by atoms with Gasteiger partial charge in [0.15, 0.2) is 0 Å². The third-order valence-corrected chi connectivity index (χ3v) is 4.22. The largest absolute Gasteiger partial charge is 0.378 e. The van der Waals surface area contributed by atoms with Crippen LogP contribution in [0.1, 0.15) is 18.5 Å². The van der Waals surface area contributed by atoms with Crippen LogP contribution in [0.2, 0.25) is 0 Å². The summed E-state index contributed by atoms with van der Waals surface area (Å²) in [5.41, 5.74) is 1.95. The summed E-state index contributed by atoms with van der Waals surface area (Å²) in [5, 5.41) is 5.77. The van der Waals surface area contributed by atoms with Crippen molar-refractivity contribution < 1.29 is 4.39 Å². The van der Waals surface area contributed by atoms with E-state index in [9.17, 15) is 4.39 Å². The van der Waals surface area contributed by atoms with Gasteiger partial charge in [0.1, 0.15) is 5.82 Å². The summed E-state index contributed by atoms with van der Waals surface area (Å²) in [6, 6.07) is 19.9.